The number of morpholine rings is 1. The maximum Gasteiger partial charge on any atom is 0.205 e. The normalized spacial score (nSPS) is 22.5. The van der Waals surface area contributed by atoms with Crippen LogP contribution in [0.25, 0.3) is 0 Å². The van der Waals surface area contributed by atoms with Crippen molar-refractivity contribution in [3.8, 4) is 0 Å². The molecule has 1 atom stereocenters. The predicted octanol–water partition coefficient (Wildman–Crippen LogP) is 0.823. The van der Waals surface area contributed by atoms with Gasteiger partial charge in [0.15, 0.2) is 0 Å². The van der Waals surface area contributed by atoms with Crippen molar-refractivity contribution in [2.24, 2.45) is 0 Å². The Morgan fingerprint density at radius 1 is 1.56 bits per heavy atom. The molecule has 1 aromatic rings. The molecule has 16 heavy (non-hydrogen) atoms. The van der Waals surface area contributed by atoms with Gasteiger partial charge in [-0.15, -0.1) is 0 Å². The molecule has 0 saturated carbocycles. The third-order valence-electron chi connectivity index (χ3n) is 2.64. The summed E-state index contributed by atoms with van der Waals surface area (Å²) in [4.78, 5) is 6.47. The Hall–Kier alpha value is -0.720. The van der Waals surface area contributed by atoms with E-state index in [1.165, 1.54) is 11.5 Å². The van der Waals surface area contributed by atoms with E-state index in [9.17, 15) is 5.11 Å². The van der Waals surface area contributed by atoms with E-state index in [0.717, 1.165) is 17.5 Å². The third kappa shape index (κ3) is 2.50. The molecular weight excluding hydrogens is 226 g/mol. The second-order valence-corrected chi connectivity index (χ2v) is 5.31. The number of nitrogens with zero attached hydrogens (tertiary/aromatic N) is 3. The largest absolute Gasteiger partial charge is 0.388 e. The van der Waals surface area contributed by atoms with E-state index in [1.54, 1.807) is 13.8 Å². The van der Waals surface area contributed by atoms with Crippen LogP contribution in [0.4, 0.5) is 5.13 Å². The molecule has 1 aliphatic heterocycles. The summed E-state index contributed by atoms with van der Waals surface area (Å²) < 4.78 is 9.73. The summed E-state index contributed by atoms with van der Waals surface area (Å²) in [6.45, 7) is 7.51. The lowest BCUT2D eigenvalue weighted by molar-refractivity contribution is -0.0927. The fourth-order valence-corrected chi connectivity index (χ4v) is 2.37. The minimum atomic E-state index is -0.821. The van der Waals surface area contributed by atoms with Crippen LogP contribution >= 0.6 is 11.5 Å². The van der Waals surface area contributed by atoms with Crippen molar-refractivity contribution in [1.29, 1.82) is 0 Å². The van der Waals surface area contributed by atoms with Crippen LogP contribution in [0.5, 0.6) is 0 Å². The van der Waals surface area contributed by atoms with Gasteiger partial charge in [-0.3, -0.25) is 0 Å². The lowest BCUT2D eigenvalue weighted by Crippen LogP contribution is -2.52. The molecule has 0 aromatic carbocycles. The zero-order chi connectivity index (χ0) is 11.8. The Bertz CT molecular complexity index is 361. The average molecular weight is 243 g/mol. The van der Waals surface area contributed by atoms with Gasteiger partial charge in [0.2, 0.25) is 5.13 Å². The molecule has 0 aliphatic carbocycles. The standard InChI is InChI=1S/C10H17N3O2S/c1-7-11-9(16-12-7)13-4-5-15-8(6-13)10(2,3)14/h8,14H,4-6H2,1-3H3. The quantitative estimate of drug-likeness (QED) is 0.833. The monoisotopic (exact) mass is 243 g/mol. The van der Waals surface area contributed by atoms with Gasteiger partial charge in [-0.05, 0) is 20.8 Å². The fraction of sp³-hybridized carbons (Fsp3) is 0.800. The SMILES string of the molecule is Cc1nsc(N2CCOC(C(C)(C)O)C2)n1. The molecule has 5 nitrogen and oxygen atoms in total. The van der Waals surface area contributed by atoms with E-state index in [4.69, 9.17) is 4.74 Å². The highest BCUT2D eigenvalue weighted by Gasteiger charge is 2.33. The highest BCUT2D eigenvalue weighted by molar-refractivity contribution is 7.09. The number of ether oxygens (including phenoxy) is 1. The van der Waals surface area contributed by atoms with E-state index in [0.29, 0.717) is 13.2 Å². The second-order valence-electron chi connectivity index (χ2n) is 4.58. The van der Waals surface area contributed by atoms with Gasteiger partial charge < -0.3 is 14.7 Å². The fourth-order valence-electron chi connectivity index (χ4n) is 1.66. The van der Waals surface area contributed by atoms with Crippen LogP contribution in [-0.2, 0) is 4.74 Å². The van der Waals surface area contributed by atoms with Crippen LogP contribution in [0.3, 0.4) is 0 Å². The average Bonchev–Trinajstić information content (AvgIpc) is 2.64. The smallest absolute Gasteiger partial charge is 0.205 e. The molecule has 90 valence electrons. The summed E-state index contributed by atoms with van der Waals surface area (Å²) in [6.07, 6.45) is -0.176. The van der Waals surface area contributed by atoms with Gasteiger partial charge in [0, 0.05) is 24.6 Å². The lowest BCUT2D eigenvalue weighted by atomic mass is 10.0. The summed E-state index contributed by atoms with van der Waals surface area (Å²) in [7, 11) is 0. The number of anilines is 1. The number of hydrogen-bond acceptors (Lipinski definition) is 6. The molecule has 0 bridgehead atoms. The molecule has 2 heterocycles. The van der Waals surface area contributed by atoms with Gasteiger partial charge >= 0.3 is 0 Å². The zero-order valence-corrected chi connectivity index (χ0v) is 10.6. The summed E-state index contributed by atoms with van der Waals surface area (Å²) in [5.41, 5.74) is -0.821. The van der Waals surface area contributed by atoms with Crippen LogP contribution in [0.1, 0.15) is 19.7 Å². The van der Waals surface area contributed by atoms with Crippen molar-refractivity contribution in [1.82, 2.24) is 9.36 Å². The Morgan fingerprint density at radius 2 is 2.31 bits per heavy atom. The number of hydrogen-bond donors (Lipinski definition) is 1. The van der Waals surface area contributed by atoms with E-state index in [-0.39, 0.29) is 6.10 Å². The first-order chi connectivity index (χ1) is 7.47. The molecular formula is C10H17N3O2S. The molecule has 1 fully saturated rings. The third-order valence-corrected chi connectivity index (χ3v) is 3.51. The first-order valence-corrected chi connectivity index (χ1v) is 6.13. The first kappa shape index (κ1) is 11.8. The molecule has 1 aliphatic rings. The van der Waals surface area contributed by atoms with Crippen molar-refractivity contribution < 1.29 is 9.84 Å². The van der Waals surface area contributed by atoms with Crippen LogP contribution in [0.15, 0.2) is 0 Å². The van der Waals surface area contributed by atoms with Gasteiger partial charge in [-0.25, -0.2) is 4.98 Å². The van der Waals surface area contributed by atoms with Gasteiger partial charge in [0.1, 0.15) is 11.9 Å². The summed E-state index contributed by atoms with van der Waals surface area (Å²) in [5.74, 6) is 0.798. The molecule has 2 rings (SSSR count). The van der Waals surface area contributed by atoms with Crippen molar-refractivity contribution in [3.63, 3.8) is 0 Å². The lowest BCUT2D eigenvalue weighted by Gasteiger charge is -2.38. The first-order valence-electron chi connectivity index (χ1n) is 5.36. The predicted molar refractivity (Wildman–Crippen MR) is 62.9 cm³/mol. The number of aliphatic hydroxyl groups is 1. The van der Waals surface area contributed by atoms with E-state index < -0.39 is 5.60 Å². The second kappa shape index (κ2) is 4.27. The minimum Gasteiger partial charge on any atom is -0.388 e. The van der Waals surface area contributed by atoms with Gasteiger partial charge in [0.05, 0.1) is 12.2 Å². The molecule has 0 amide bonds. The summed E-state index contributed by atoms with van der Waals surface area (Å²) in [6, 6.07) is 0. The molecule has 1 saturated heterocycles. The molecule has 1 unspecified atom stereocenters. The maximum atomic E-state index is 9.93. The van der Waals surface area contributed by atoms with Crippen molar-refractivity contribution in [2.75, 3.05) is 24.6 Å². The van der Waals surface area contributed by atoms with Crippen LogP contribution in [0.2, 0.25) is 0 Å². The van der Waals surface area contributed by atoms with Gasteiger partial charge in [-0.2, -0.15) is 4.37 Å². The van der Waals surface area contributed by atoms with Crippen molar-refractivity contribution in [2.45, 2.75) is 32.5 Å². The molecule has 1 N–H and O–H groups in total. The Labute approximate surface area is 99.2 Å². The minimum absolute atomic E-state index is 0.176. The van der Waals surface area contributed by atoms with Crippen LogP contribution < -0.4 is 4.90 Å². The zero-order valence-electron chi connectivity index (χ0n) is 9.80. The highest BCUT2D eigenvalue weighted by atomic mass is 32.1. The van der Waals surface area contributed by atoms with E-state index in [1.807, 2.05) is 6.92 Å². The number of aromatic nitrogens is 2. The maximum absolute atomic E-state index is 9.93. The van der Waals surface area contributed by atoms with Crippen LogP contribution in [-0.4, -0.2) is 45.9 Å². The Morgan fingerprint density at radius 3 is 2.88 bits per heavy atom. The van der Waals surface area contributed by atoms with Gasteiger partial charge in [0.25, 0.3) is 0 Å². The van der Waals surface area contributed by atoms with Crippen molar-refractivity contribution >= 4 is 16.7 Å². The molecule has 0 spiro atoms. The van der Waals surface area contributed by atoms with E-state index >= 15 is 0 Å². The van der Waals surface area contributed by atoms with Gasteiger partial charge in [-0.1, -0.05) is 0 Å². The molecule has 0 radical (unpaired) electrons. The summed E-state index contributed by atoms with van der Waals surface area (Å²) in [5, 5.41) is 10.8. The molecule has 1 aromatic heterocycles. The van der Waals surface area contributed by atoms with Crippen LogP contribution in [0, 0.1) is 6.92 Å². The highest BCUT2D eigenvalue weighted by Crippen LogP contribution is 2.23. The van der Waals surface area contributed by atoms with Crippen molar-refractivity contribution in [3.05, 3.63) is 5.82 Å². The number of rotatable bonds is 2. The van der Waals surface area contributed by atoms with E-state index in [2.05, 4.69) is 14.3 Å². The topological polar surface area (TPSA) is 58.5 Å². The molecule has 6 heteroatoms. The Balaban J connectivity index is 2.07. The Kier molecular flexibility index (Phi) is 3.14. The number of aryl methyl sites for hydroxylation is 1. The summed E-state index contributed by atoms with van der Waals surface area (Å²) >= 11 is 1.40.